The molecule has 6 N–H and O–H groups in total. The molecule has 7 aliphatic rings. The van der Waals surface area contributed by atoms with Crippen LogP contribution < -0.4 is 15.4 Å². The molecule has 3 aromatic carbocycles. The van der Waals surface area contributed by atoms with E-state index in [2.05, 4.69) is 54.8 Å². The average Bonchev–Trinajstić information content (AvgIpc) is 1.62. The predicted molar refractivity (Wildman–Crippen MR) is 325 cm³/mol. The summed E-state index contributed by atoms with van der Waals surface area (Å²) in [5.74, 6) is -1.73. The number of aliphatic hydroxyl groups is 4. The molecule has 0 aromatic heterocycles. The lowest BCUT2D eigenvalue weighted by atomic mass is 9.46. The fraction of sp³-hybridized carbons (Fsp3) is 0.638. The van der Waals surface area contributed by atoms with Crippen LogP contribution in [-0.2, 0) is 47.5 Å². The third-order valence-corrected chi connectivity index (χ3v) is 20.9. The van der Waals surface area contributed by atoms with Crippen molar-refractivity contribution in [2.75, 3.05) is 40.0 Å². The largest absolute Gasteiger partial charge is 0.497 e. The van der Waals surface area contributed by atoms with Crippen LogP contribution in [0.25, 0.3) is 11.1 Å². The van der Waals surface area contributed by atoms with Crippen LogP contribution in [0.4, 0.5) is 9.59 Å². The molecule has 2 heterocycles. The van der Waals surface area contributed by atoms with Gasteiger partial charge in [0.1, 0.15) is 42.1 Å². The Kier molecular flexibility index (Phi) is 21.0. The third-order valence-electron chi connectivity index (χ3n) is 20.9. The molecule has 2 saturated heterocycles. The molecule has 20 heteroatoms. The number of Topliss-reactive ketones (excluding diaryl/α,β-unsaturated/α-hetero) is 1. The summed E-state index contributed by atoms with van der Waals surface area (Å²) in [5, 5.41) is 53.3. The fourth-order valence-electron chi connectivity index (χ4n) is 16.0. The highest BCUT2D eigenvalue weighted by Crippen LogP contribution is 2.69. The Bertz CT molecular complexity index is 2960. The van der Waals surface area contributed by atoms with E-state index in [0.717, 1.165) is 47.9 Å². The number of unbranched alkanes of at least 4 members (excludes halogenated alkanes) is 3. The van der Waals surface area contributed by atoms with Gasteiger partial charge in [0.2, 0.25) is 0 Å². The summed E-state index contributed by atoms with van der Waals surface area (Å²) < 4.78 is 54.6. The summed E-state index contributed by atoms with van der Waals surface area (Å²) in [6.45, 7) is 11.3. The van der Waals surface area contributed by atoms with Gasteiger partial charge in [0.15, 0.2) is 30.9 Å². The molecular weight excluding hydrogens is 1140 g/mol. The second-order valence-corrected chi connectivity index (χ2v) is 26.7. The average molecular weight is 1240 g/mol. The Hall–Kier alpha value is -5.97. The Morgan fingerprint density at radius 3 is 1.97 bits per heavy atom. The molecule has 3 aromatic rings. The zero-order valence-corrected chi connectivity index (χ0v) is 52.5. The normalized spacial score (nSPS) is 33.2. The smallest absolute Gasteiger partial charge is 0.407 e. The number of allylic oxidation sites excluding steroid dienone is 1. The zero-order valence-electron chi connectivity index (χ0n) is 52.5. The van der Waals surface area contributed by atoms with Gasteiger partial charge in [-0.15, -0.1) is 0 Å². The van der Waals surface area contributed by atoms with Gasteiger partial charge < -0.3 is 73.7 Å². The molecule has 0 radical (unpaired) electrons. The highest BCUT2D eigenvalue weighted by Gasteiger charge is 2.71. The number of hydrogen-bond donors (Lipinski definition) is 6. The van der Waals surface area contributed by atoms with E-state index >= 15 is 0 Å². The van der Waals surface area contributed by atoms with E-state index in [-0.39, 0.29) is 72.0 Å². The van der Waals surface area contributed by atoms with Crippen LogP contribution in [0.15, 0.2) is 84.4 Å². The fourth-order valence-corrected chi connectivity index (χ4v) is 16.0. The number of nitrogens with one attached hydrogen (secondary N) is 2. The number of fused-ring (bicyclic) bond motifs is 8. The maximum atomic E-state index is 14.4. The number of esters is 2. The van der Waals surface area contributed by atoms with Crippen LogP contribution in [0.2, 0.25) is 0 Å². The van der Waals surface area contributed by atoms with Crippen LogP contribution >= 0.6 is 0 Å². The highest BCUT2D eigenvalue weighted by atomic mass is 16.8. The molecule has 89 heavy (non-hydrogen) atoms. The molecule has 17 atom stereocenters. The van der Waals surface area contributed by atoms with Gasteiger partial charge in [-0.25, -0.2) is 14.4 Å². The number of rotatable bonds is 23. The predicted octanol–water partition coefficient (Wildman–Crippen LogP) is 8.86. The summed E-state index contributed by atoms with van der Waals surface area (Å²) in [6.07, 6.45) is -4.95. The maximum Gasteiger partial charge on any atom is 0.407 e. The number of hydrogen-bond acceptors (Lipinski definition) is 18. The van der Waals surface area contributed by atoms with Crippen LogP contribution in [0.3, 0.4) is 0 Å². The number of carbonyl (C=O) groups is 5. The Balaban J connectivity index is 0.804. The van der Waals surface area contributed by atoms with Gasteiger partial charge in [0, 0.05) is 43.7 Å². The van der Waals surface area contributed by atoms with Crippen molar-refractivity contribution < 1.29 is 87.0 Å². The molecular formula is C69H92N2O18. The maximum absolute atomic E-state index is 14.4. The first-order valence-corrected chi connectivity index (χ1v) is 32.2. The third kappa shape index (κ3) is 13.8. The second-order valence-electron chi connectivity index (χ2n) is 26.7. The summed E-state index contributed by atoms with van der Waals surface area (Å²) in [5.41, 5.74) is 3.24. The highest BCUT2D eigenvalue weighted by molar-refractivity contribution is 5.89. The van der Waals surface area contributed by atoms with Crippen molar-refractivity contribution in [2.24, 2.45) is 40.4 Å². The van der Waals surface area contributed by atoms with Gasteiger partial charge in [-0.05, 0) is 140 Å². The van der Waals surface area contributed by atoms with Crippen molar-refractivity contribution >= 4 is 29.9 Å². The molecule has 20 nitrogen and oxygen atoms in total. The van der Waals surface area contributed by atoms with Gasteiger partial charge in [-0.3, -0.25) is 9.59 Å². The first kappa shape index (κ1) is 66.0. The minimum Gasteiger partial charge on any atom is -0.497 e. The van der Waals surface area contributed by atoms with Crippen LogP contribution in [0, 0.1) is 40.4 Å². The van der Waals surface area contributed by atoms with Crippen molar-refractivity contribution in [3.63, 3.8) is 0 Å². The van der Waals surface area contributed by atoms with Gasteiger partial charge in [-0.1, -0.05) is 108 Å². The van der Waals surface area contributed by atoms with Crippen molar-refractivity contribution in [1.82, 2.24) is 10.6 Å². The van der Waals surface area contributed by atoms with Crippen molar-refractivity contribution in [3.05, 3.63) is 101 Å². The number of aliphatic hydroxyl groups excluding tert-OH is 3. The number of benzene rings is 3. The van der Waals surface area contributed by atoms with Crippen molar-refractivity contribution in [1.29, 1.82) is 0 Å². The van der Waals surface area contributed by atoms with Crippen LogP contribution in [0.1, 0.15) is 152 Å². The van der Waals surface area contributed by atoms with E-state index in [1.54, 1.807) is 19.1 Å². The van der Waals surface area contributed by atoms with E-state index in [4.69, 9.17) is 42.6 Å². The number of methoxy groups -OCH3 is 1. The van der Waals surface area contributed by atoms with Gasteiger partial charge in [-0.2, -0.15) is 0 Å². The summed E-state index contributed by atoms with van der Waals surface area (Å²) >= 11 is 0. The molecule has 2 aliphatic heterocycles. The number of ketones is 1. The van der Waals surface area contributed by atoms with E-state index in [1.807, 2.05) is 38.1 Å². The molecule has 5 fully saturated rings. The molecule has 0 bridgehead atoms. The number of alkyl carbamates (subject to hydrolysis) is 2. The Morgan fingerprint density at radius 2 is 1.33 bits per heavy atom. The second kappa shape index (κ2) is 28.3. The first-order chi connectivity index (χ1) is 42.6. The molecule has 486 valence electrons. The van der Waals surface area contributed by atoms with Gasteiger partial charge in [0.25, 0.3) is 0 Å². The summed E-state index contributed by atoms with van der Waals surface area (Å²) in [7, 11) is 1.47. The van der Waals surface area contributed by atoms with E-state index < -0.39 is 110 Å². The molecule has 9 unspecified atom stereocenters. The van der Waals surface area contributed by atoms with Gasteiger partial charge in [0.05, 0.1) is 38.1 Å². The molecule has 5 aliphatic carbocycles. The monoisotopic (exact) mass is 1240 g/mol. The molecule has 0 spiro atoms. The topological polar surface area (TPSA) is 273 Å². The number of amides is 2. The van der Waals surface area contributed by atoms with Crippen LogP contribution in [-0.4, -0.2) is 157 Å². The SMILES string of the molecule is COc1ccc(C(=O)OC2C(OC3C(O)COC(O[C@H]4C[C@H]5[C@@H]6CC=C7C[C@@H](O)CC[C@]7(C)C6CC[C@]5(C)[C@@]4(O)[C@H](C)C(=O)CCC(C)C)C3OC(C)=O)OCC(O)C2OC(=O)NCCCCCCNC(=O)OCC2c3ccccc3-c3ccccc32)cc1. The van der Waals surface area contributed by atoms with Crippen molar-refractivity contribution in [3.8, 4) is 16.9 Å². The zero-order chi connectivity index (χ0) is 63.4. The Morgan fingerprint density at radius 1 is 0.708 bits per heavy atom. The molecule has 2 amide bonds. The van der Waals surface area contributed by atoms with Crippen molar-refractivity contribution in [2.45, 2.75) is 198 Å². The molecule has 10 rings (SSSR count). The minimum atomic E-state index is -1.73. The summed E-state index contributed by atoms with van der Waals surface area (Å²) in [6, 6.07) is 22.3. The Labute approximate surface area is 522 Å². The van der Waals surface area contributed by atoms with Gasteiger partial charge >= 0.3 is 24.1 Å². The lowest BCUT2D eigenvalue weighted by molar-refractivity contribution is -0.344. The minimum absolute atomic E-state index is 0.0503. The van der Waals surface area contributed by atoms with Crippen LogP contribution in [0.5, 0.6) is 5.75 Å². The number of carbonyl (C=O) groups excluding carboxylic acids is 5. The molecule has 3 saturated carbocycles. The number of ether oxygens (including phenoxy) is 9. The lowest BCUT2D eigenvalue weighted by Gasteiger charge is -2.59. The quantitative estimate of drug-likeness (QED) is 0.0224. The standard InChI is InChI=1S/C69H92N2O18/c1-39(2)20-27-54(74)40(3)69(80)57(35-53-50-26-23-43-34-44(73)28-30-67(43,5)52(50)29-31-68(53,69)6)86-63-60(85-41(4)72)58(55(75)37-82-63)88-64-61(87-62(77)42-21-24-45(81-7)25-22-42)59(56(76)38-83-64)89-66(79)71-33-15-9-8-14-32-70-65(78)84-36-51-48-18-12-10-16-46(48)47-17-11-13-19-49(47)51/h10-13,16-19,21-25,39-40,44,50-53,55-61,63-64,73,75-76,80H,8-9,14-15,20,26-38H2,1-7H3,(H,70,78)(H,71,79)/t40-,44+,50-,52?,53+,55?,56?,57+,58?,59?,60?,61?,63?,64?,67+,68+,69-/m1/s1. The summed E-state index contributed by atoms with van der Waals surface area (Å²) in [4.78, 5) is 68.0. The first-order valence-electron chi connectivity index (χ1n) is 32.2. The van der Waals surface area contributed by atoms with E-state index in [0.29, 0.717) is 63.7 Å². The van der Waals surface area contributed by atoms with E-state index in [1.165, 1.54) is 31.7 Å². The lowest BCUT2D eigenvalue weighted by Crippen LogP contribution is -2.64. The van der Waals surface area contributed by atoms with E-state index in [9.17, 15) is 44.4 Å².